The Kier molecular flexibility index (Phi) is 4.98. The predicted octanol–water partition coefficient (Wildman–Crippen LogP) is 2.84. The van der Waals surface area contributed by atoms with E-state index < -0.39 is 5.97 Å². The van der Waals surface area contributed by atoms with Crippen molar-refractivity contribution in [2.24, 2.45) is 5.92 Å². The number of carbonyl (C=O) groups is 1. The van der Waals surface area contributed by atoms with Gasteiger partial charge in [-0.2, -0.15) is 5.26 Å². The van der Waals surface area contributed by atoms with Gasteiger partial charge in [0.15, 0.2) is 0 Å². The Morgan fingerprint density at radius 2 is 2.35 bits per heavy atom. The molecule has 1 atom stereocenters. The molecule has 2 N–H and O–H groups in total. The molecule has 0 aliphatic carbocycles. The van der Waals surface area contributed by atoms with Gasteiger partial charge in [-0.05, 0) is 34.5 Å². The smallest absolute Gasteiger partial charge is 0.306 e. The Morgan fingerprint density at radius 1 is 1.65 bits per heavy atom. The number of benzene rings is 1. The summed E-state index contributed by atoms with van der Waals surface area (Å²) in [6, 6.07) is 7.52. The van der Waals surface area contributed by atoms with Gasteiger partial charge in [-0.3, -0.25) is 4.79 Å². The summed E-state index contributed by atoms with van der Waals surface area (Å²) in [5.41, 5.74) is 1.26. The molecule has 0 saturated heterocycles. The van der Waals surface area contributed by atoms with Crippen LogP contribution in [0.2, 0.25) is 0 Å². The summed E-state index contributed by atoms with van der Waals surface area (Å²) in [4.78, 5) is 10.6. The maximum absolute atomic E-state index is 10.6. The highest BCUT2D eigenvalue weighted by Crippen LogP contribution is 2.23. The molecule has 4 nitrogen and oxygen atoms in total. The lowest BCUT2D eigenvalue weighted by atomic mass is 10.1. The van der Waals surface area contributed by atoms with Gasteiger partial charge in [-0.1, -0.05) is 13.0 Å². The molecular weight excluding hydrogens is 284 g/mol. The summed E-state index contributed by atoms with van der Waals surface area (Å²) in [6.45, 7) is 2.19. The zero-order valence-corrected chi connectivity index (χ0v) is 11.0. The first-order valence-corrected chi connectivity index (χ1v) is 6.01. The van der Waals surface area contributed by atoms with Crippen LogP contribution in [0.3, 0.4) is 0 Å². The van der Waals surface area contributed by atoms with Gasteiger partial charge < -0.3 is 10.4 Å². The second kappa shape index (κ2) is 6.26. The standard InChI is InChI=1S/C12H13BrN2O2/c1-8(12(16)17)5-6-15-11-4-2-3-10(13)9(11)7-14/h2-4,8,15H,5-6H2,1H3,(H,16,17). The summed E-state index contributed by atoms with van der Waals surface area (Å²) in [7, 11) is 0. The van der Waals surface area contributed by atoms with E-state index in [1.807, 2.05) is 6.07 Å². The van der Waals surface area contributed by atoms with Crippen molar-refractivity contribution in [2.75, 3.05) is 11.9 Å². The van der Waals surface area contributed by atoms with Gasteiger partial charge in [0.05, 0.1) is 17.2 Å². The van der Waals surface area contributed by atoms with E-state index in [-0.39, 0.29) is 5.92 Å². The van der Waals surface area contributed by atoms with Crippen molar-refractivity contribution in [2.45, 2.75) is 13.3 Å². The summed E-state index contributed by atoms with van der Waals surface area (Å²) < 4.78 is 0.733. The predicted molar refractivity (Wildman–Crippen MR) is 68.8 cm³/mol. The first-order chi connectivity index (χ1) is 8.06. The summed E-state index contributed by atoms with van der Waals surface area (Å²) in [5.74, 6) is -1.19. The summed E-state index contributed by atoms with van der Waals surface area (Å²) in [5, 5.41) is 20.8. The van der Waals surface area contributed by atoms with Gasteiger partial charge in [0.1, 0.15) is 6.07 Å². The minimum absolute atomic E-state index is 0.389. The van der Waals surface area contributed by atoms with Crippen LogP contribution in [0.1, 0.15) is 18.9 Å². The van der Waals surface area contributed by atoms with Crippen LogP contribution in [0.5, 0.6) is 0 Å². The number of rotatable bonds is 5. The third kappa shape index (κ3) is 3.75. The van der Waals surface area contributed by atoms with Gasteiger partial charge in [-0.25, -0.2) is 0 Å². The first kappa shape index (κ1) is 13.5. The zero-order valence-electron chi connectivity index (χ0n) is 9.40. The molecule has 5 heteroatoms. The number of aliphatic carboxylic acids is 1. The quantitative estimate of drug-likeness (QED) is 0.876. The molecule has 17 heavy (non-hydrogen) atoms. The van der Waals surface area contributed by atoms with Crippen molar-refractivity contribution >= 4 is 27.6 Å². The number of nitrogens with zero attached hydrogens (tertiary/aromatic N) is 1. The average molecular weight is 297 g/mol. The summed E-state index contributed by atoms with van der Waals surface area (Å²) in [6.07, 6.45) is 0.521. The number of hydrogen-bond donors (Lipinski definition) is 2. The van der Waals surface area contributed by atoms with Crippen LogP contribution in [0.15, 0.2) is 22.7 Å². The van der Waals surface area contributed by atoms with E-state index in [0.29, 0.717) is 18.5 Å². The minimum atomic E-state index is -0.804. The van der Waals surface area contributed by atoms with Crippen molar-refractivity contribution < 1.29 is 9.90 Å². The van der Waals surface area contributed by atoms with E-state index in [9.17, 15) is 4.79 Å². The van der Waals surface area contributed by atoms with E-state index in [1.165, 1.54) is 0 Å². The molecule has 1 aromatic rings. The molecule has 0 aliphatic heterocycles. The van der Waals surface area contributed by atoms with Crippen LogP contribution in [0.4, 0.5) is 5.69 Å². The first-order valence-electron chi connectivity index (χ1n) is 5.21. The number of carboxylic acids is 1. The highest BCUT2D eigenvalue weighted by Gasteiger charge is 2.11. The third-order valence-corrected chi connectivity index (χ3v) is 3.10. The molecule has 1 aromatic carbocycles. The highest BCUT2D eigenvalue weighted by molar-refractivity contribution is 9.10. The molecule has 0 bridgehead atoms. The lowest BCUT2D eigenvalue weighted by molar-refractivity contribution is -0.141. The molecule has 0 radical (unpaired) electrons. The van der Waals surface area contributed by atoms with Crippen molar-refractivity contribution in [3.05, 3.63) is 28.2 Å². The van der Waals surface area contributed by atoms with Crippen LogP contribution < -0.4 is 5.32 Å². The van der Waals surface area contributed by atoms with Gasteiger partial charge in [0.2, 0.25) is 0 Å². The number of anilines is 1. The van der Waals surface area contributed by atoms with E-state index in [0.717, 1.165) is 10.2 Å². The Balaban J connectivity index is 2.62. The van der Waals surface area contributed by atoms with Gasteiger partial charge in [0, 0.05) is 11.0 Å². The maximum atomic E-state index is 10.6. The second-order valence-electron chi connectivity index (χ2n) is 3.73. The van der Waals surface area contributed by atoms with Crippen LogP contribution in [-0.2, 0) is 4.79 Å². The normalized spacial score (nSPS) is 11.6. The van der Waals surface area contributed by atoms with Crippen molar-refractivity contribution in [3.8, 4) is 6.07 Å². The fourth-order valence-electron chi connectivity index (χ4n) is 1.33. The van der Waals surface area contributed by atoms with Crippen LogP contribution in [0.25, 0.3) is 0 Å². The van der Waals surface area contributed by atoms with E-state index >= 15 is 0 Å². The topological polar surface area (TPSA) is 73.1 Å². The molecule has 0 fully saturated rings. The zero-order chi connectivity index (χ0) is 12.8. The molecular formula is C12H13BrN2O2. The molecule has 1 unspecified atom stereocenters. The number of nitrogens with one attached hydrogen (secondary N) is 1. The molecule has 1 rings (SSSR count). The Morgan fingerprint density at radius 3 is 2.94 bits per heavy atom. The Hall–Kier alpha value is -1.54. The lowest BCUT2D eigenvalue weighted by Gasteiger charge is -2.10. The summed E-state index contributed by atoms with van der Waals surface area (Å²) >= 11 is 3.29. The number of hydrogen-bond acceptors (Lipinski definition) is 3. The highest BCUT2D eigenvalue weighted by atomic mass is 79.9. The van der Waals surface area contributed by atoms with Crippen LogP contribution in [-0.4, -0.2) is 17.6 Å². The Bertz CT molecular complexity index is 454. The lowest BCUT2D eigenvalue weighted by Crippen LogP contribution is -2.14. The van der Waals surface area contributed by atoms with E-state index in [1.54, 1.807) is 19.1 Å². The van der Waals surface area contributed by atoms with Crippen molar-refractivity contribution in [1.82, 2.24) is 0 Å². The monoisotopic (exact) mass is 296 g/mol. The average Bonchev–Trinajstić information content (AvgIpc) is 2.29. The molecule has 0 heterocycles. The molecule has 0 aliphatic rings. The van der Waals surface area contributed by atoms with Gasteiger partial charge in [0.25, 0.3) is 0 Å². The van der Waals surface area contributed by atoms with E-state index in [2.05, 4.69) is 27.3 Å². The minimum Gasteiger partial charge on any atom is -0.481 e. The molecule has 90 valence electrons. The van der Waals surface area contributed by atoms with Crippen LogP contribution in [0, 0.1) is 17.2 Å². The van der Waals surface area contributed by atoms with Gasteiger partial charge >= 0.3 is 5.97 Å². The molecule has 0 amide bonds. The molecule has 0 aromatic heterocycles. The van der Waals surface area contributed by atoms with E-state index in [4.69, 9.17) is 10.4 Å². The van der Waals surface area contributed by atoms with Crippen LogP contribution >= 0.6 is 15.9 Å². The van der Waals surface area contributed by atoms with Crippen molar-refractivity contribution in [3.63, 3.8) is 0 Å². The SMILES string of the molecule is CC(CCNc1cccc(Br)c1C#N)C(=O)O. The third-order valence-electron chi connectivity index (χ3n) is 2.44. The fraction of sp³-hybridized carbons (Fsp3) is 0.333. The van der Waals surface area contributed by atoms with Crippen molar-refractivity contribution in [1.29, 1.82) is 5.26 Å². The molecule has 0 spiro atoms. The maximum Gasteiger partial charge on any atom is 0.306 e. The fourth-order valence-corrected chi connectivity index (χ4v) is 1.79. The number of nitriles is 1. The number of halogens is 1. The molecule has 0 saturated carbocycles. The second-order valence-corrected chi connectivity index (χ2v) is 4.58. The Labute approximate surface area is 108 Å². The number of carboxylic acid groups (broad SMARTS) is 1. The largest absolute Gasteiger partial charge is 0.481 e. The van der Waals surface area contributed by atoms with Gasteiger partial charge in [-0.15, -0.1) is 0 Å².